The van der Waals surface area contributed by atoms with E-state index in [1.165, 1.54) is 0 Å². The third-order valence-electron chi connectivity index (χ3n) is 2.41. The van der Waals surface area contributed by atoms with Gasteiger partial charge >= 0.3 is 5.97 Å². The zero-order chi connectivity index (χ0) is 14.8. The monoisotopic (exact) mass is 293 g/mol. The average molecular weight is 293 g/mol. The van der Waals surface area contributed by atoms with Crippen LogP contribution in [0.3, 0.4) is 0 Å². The van der Waals surface area contributed by atoms with E-state index in [2.05, 4.69) is 0 Å². The van der Waals surface area contributed by atoms with Gasteiger partial charge in [-0.1, -0.05) is 6.92 Å². The molecule has 1 aromatic rings. The number of hydrogen-bond acceptors (Lipinski definition) is 4. The van der Waals surface area contributed by atoms with Crippen LogP contribution < -0.4 is 5.14 Å². The van der Waals surface area contributed by atoms with Crippen molar-refractivity contribution in [3.63, 3.8) is 0 Å². The molecule has 0 aromatic heterocycles. The number of ether oxygens (including phenoxy) is 1. The van der Waals surface area contributed by atoms with Crippen LogP contribution in [-0.2, 0) is 14.8 Å². The summed E-state index contributed by atoms with van der Waals surface area (Å²) in [6.07, 6.45) is -0.0295. The first-order chi connectivity index (χ1) is 8.66. The fraction of sp³-hybridized carbons (Fsp3) is 0.364. The van der Waals surface area contributed by atoms with Crippen LogP contribution in [-0.4, -0.2) is 20.5 Å². The predicted molar refractivity (Wildman–Crippen MR) is 62.9 cm³/mol. The summed E-state index contributed by atoms with van der Waals surface area (Å²) in [6, 6.07) is 0.972. The fourth-order valence-corrected chi connectivity index (χ4v) is 1.89. The lowest BCUT2D eigenvalue weighted by Gasteiger charge is -2.12. The molecule has 5 nitrogen and oxygen atoms in total. The number of rotatable bonds is 4. The molecule has 0 aliphatic rings. The molecule has 1 unspecified atom stereocenters. The van der Waals surface area contributed by atoms with E-state index < -0.39 is 44.2 Å². The molecule has 0 radical (unpaired) electrons. The first kappa shape index (κ1) is 15.5. The molecule has 19 heavy (non-hydrogen) atoms. The fourth-order valence-electron chi connectivity index (χ4n) is 1.25. The second-order valence-electron chi connectivity index (χ2n) is 3.93. The molecule has 0 spiro atoms. The highest BCUT2D eigenvalue weighted by Gasteiger charge is 2.24. The maximum absolute atomic E-state index is 13.8. The van der Waals surface area contributed by atoms with Gasteiger partial charge in [-0.3, -0.25) is 0 Å². The summed E-state index contributed by atoms with van der Waals surface area (Å²) in [4.78, 5) is 10.5. The van der Waals surface area contributed by atoms with Crippen LogP contribution in [0.1, 0.15) is 30.6 Å². The van der Waals surface area contributed by atoms with Crippen molar-refractivity contribution in [1.29, 1.82) is 0 Å². The highest BCUT2D eigenvalue weighted by Crippen LogP contribution is 2.20. The van der Waals surface area contributed by atoms with E-state index >= 15 is 0 Å². The lowest BCUT2D eigenvalue weighted by atomic mass is 10.2. The molecule has 0 aliphatic carbocycles. The van der Waals surface area contributed by atoms with E-state index in [1.54, 1.807) is 13.8 Å². The Morgan fingerprint density at radius 1 is 1.42 bits per heavy atom. The molecular formula is C11H13F2NO4S. The zero-order valence-corrected chi connectivity index (χ0v) is 11.1. The maximum atomic E-state index is 13.8. The first-order valence-corrected chi connectivity index (χ1v) is 6.94. The van der Waals surface area contributed by atoms with Crippen LogP contribution in [0.15, 0.2) is 17.0 Å². The third-order valence-corrected chi connectivity index (χ3v) is 3.32. The summed E-state index contributed by atoms with van der Waals surface area (Å²) in [6.45, 7) is 3.30. The smallest absolute Gasteiger partial charge is 0.341 e. The molecule has 0 amide bonds. The minimum atomic E-state index is -4.47. The lowest BCUT2D eigenvalue weighted by molar-refractivity contribution is 0.0328. The number of sulfonamides is 1. The molecule has 0 saturated carbocycles. The second kappa shape index (κ2) is 5.62. The van der Waals surface area contributed by atoms with Gasteiger partial charge in [0.15, 0.2) is 5.82 Å². The van der Waals surface area contributed by atoms with Crippen molar-refractivity contribution in [3.05, 3.63) is 29.3 Å². The number of primary sulfonamides is 1. The molecule has 0 fully saturated rings. The van der Waals surface area contributed by atoms with Crippen molar-refractivity contribution in [1.82, 2.24) is 0 Å². The molecular weight excluding hydrogens is 280 g/mol. The van der Waals surface area contributed by atoms with Gasteiger partial charge in [-0.15, -0.1) is 0 Å². The second-order valence-corrected chi connectivity index (χ2v) is 5.46. The summed E-state index contributed by atoms with van der Waals surface area (Å²) in [7, 11) is -4.47. The van der Waals surface area contributed by atoms with E-state index in [-0.39, 0.29) is 0 Å². The molecule has 1 atom stereocenters. The number of hydrogen-bond donors (Lipinski definition) is 1. The molecule has 1 rings (SSSR count). The standard InChI is InChI=1S/C11H13F2NO4S/c1-3-6(2)18-11(15)8-4-7(12)5-9(10(8)13)19(14,16)17/h4-6H,3H2,1-2H3,(H2,14,16,17). The van der Waals surface area contributed by atoms with E-state index in [1.807, 2.05) is 0 Å². The van der Waals surface area contributed by atoms with E-state index in [0.29, 0.717) is 18.6 Å². The van der Waals surface area contributed by atoms with Crippen LogP contribution in [0.25, 0.3) is 0 Å². The number of benzene rings is 1. The van der Waals surface area contributed by atoms with E-state index in [0.717, 1.165) is 0 Å². The third kappa shape index (κ3) is 3.71. The molecule has 8 heteroatoms. The number of nitrogens with two attached hydrogens (primary N) is 1. The van der Waals surface area contributed by atoms with Crippen molar-refractivity contribution in [3.8, 4) is 0 Å². The number of carbonyl (C=O) groups is 1. The van der Waals surface area contributed by atoms with Crippen molar-refractivity contribution in [2.45, 2.75) is 31.3 Å². The molecule has 2 N–H and O–H groups in total. The van der Waals surface area contributed by atoms with Crippen molar-refractivity contribution < 1.29 is 26.7 Å². The Morgan fingerprint density at radius 3 is 2.47 bits per heavy atom. The zero-order valence-electron chi connectivity index (χ0n) is 10.3. The van der Waals surface area contributed by atoms with Crippen LogP contribution in [0.2, 0.25) is 0 Å². The minimum absolute atomic E-state index is 0.407. The van der Waals surface area contributed by atoms with Crippen molar-refractivity contribution in [2.24, 2.45) is 5.14 Å². The number of halogens is 2. The minimum Gasteiger partial charge on any atom is -0.459 e. The Kier molecular flexibility index (Phi) is 4.59. The van der Waals surface area contributed by atoms with Crippen LogP contribution >= 0.6 is 0 Å². The Morgan fingerprint density at radius 2 is 2.00 bits per heavy atom. The van der Waals surface area contributed by atoms with Gasteiger partial charge in [-0.25, -0.2) is 27.1 Å². The van der Waals surface area contributed by atoms with Crippen molar-refractivity contribution in [2.75, 3.05) is 0 Å². The molecule has 0 heterocycles. The highest BCUT2D eigenvalue weighted by molar-refractivity contribution is 7.89. The van der Waals surface area contributed by atoms with Crippen molar-refractivity contribution >= 4 is 16.0 Å². The van der Waals surface area contributed by atoms with Gasteiger partial charge < -0.3 is 4.74 Å². The van der Waals surface area contributed by atoms with Gasteiger partial charge in [0.2, 0.25) is 10.0 Å². The Labute approximate surface area is 109 Å². The molecule has 0 bridgehead atoms. The lowest BCUT2D eigenvalue weighted by Crippen LogP contribution is -2.19. The average Bonchev–Trinajstić information content (AvgIpc) is 2.29. The first-order valence-electron chi connectivity index (χ1n) is 5.39. The van der Waals surface area contributed by atoms with Gasteiger partial charge in [-0.05, 0) is 25.5 Å². The molecule has 0 aliphatic heterocycles. The van der Waals surface area contributed by atoms with Crippen LogP contribution in [0, 0.1) is 11.6 Å². The highest BCUT2D eigenvalue weighted by atomic mass is 32.2. The Hall–Kier alpha value is -1.54. The summed E-state index contributed by atoms with van der Waals surface area (Å²) in [5.74, 6) is -3.66. The number of esters is 1. The topological polar surface area (TPSA) is 86.5 Å². The summed E-state index contributed by atoms with van der Waals surface area (Å²) in [5.41, 5.74) is -0.802. The van der Waals surface area contributed by atoms with E-state index in [4.69, 9.17) is 9.88 Å². The van der Waals surface area contributed by atoms with Gasteiger partial charge in [0.1, 0.15) is 10.7 Å². The summed E-state index contributed by atoms with van der Waals surface area (Å²) in [5, 5.41) is 4.74. The summed E-state index contributed by atoms with van der Waals surface area (Å²) < 4.78 is 54.0. The summed E-state index contributed by atoms with van der Waals surface area (Å²) >= 11 is 0. The Balaban J connectivity index is 3.30. The van der Waals surface area contributed by atoms with Gasteiger partial charge in [0.25, 0.3) is 0 Å². The SMILES string of the molecule is CCC(C)OC(=O)c1cc(F)cc(S(N)(=O)=O)c1F. The Bertz CT molecular complexity index is 601. The maximum Gasteiger partial charge on any atom is 0.341 e. The molecule has 1 aromatic carbocycles. The van der Waals surface area contributed by atoms with Crippen LogP contribution in [0.4, 0.5) is 8.78 Å². The normalized spacial score (nSPS) is 13.1. The predicted octanol–water partition coefficient (Wildman–Crippen LogP) is 1.57. The van der Waals surface area contributed by atoms with E-state index in [9.17, 15) is 22.0 Å². The number of carbonyl (C=O) groups excluding carboxylic acids is 1. The van der Waals surface area contributed by atoms with Gasteiger partial charge in [0, 0.05) is 0 Å². The van der Waals surface area contributed by atoms with Gasteiger partial charge in [0.05, 0.1) is 11.7 Å². The van der Waals surface area contributed by atoms with Crippen LogP contribution in [0.5, 0.6) is 0 Å². The largest absolute Gasteiger partial charge is 0.459 e. The molecule has 106 valence electrons. The molecule has 0 saturated heterocycles. The van der Waals surface area contributed by atoms with Gasteiger partial charge in [-0.2, -0.15) is 0 Å². The quantitative estimate of drug-likeness (QED) is 0.854.